The Hall–Kier alpha value is -1.05. The van der Waals surface area contributed by atoms with Crippen LogP contribution in [-0.2, 0) is 4.79 Å². The Kier molecular flexibility index (Phi) is 4.13. The molecule has 0 aromatic carbocycles. The SMILES string of the molecule is CC(C)CC1=CCC(C(C)C(=O)O)C=C1. The van der Waals surface area contributed by atoms with E-state index in [2.05, 4.69) is 32.1 Å². The van der Waals surface area contributed by atoms with E-state index in [0.717, 1.165) is 12.8 Å². The van der Waals surface area contributed by atoms with Gasteiger partial charge >= 0.3 is 5.97 Å². The summed E-state index contributed by atoms with van der Waals surface area (Å²) in [7, 11) is 0. The quantitative estimate of drug-likeness (QED) is 0.770. The van der Waals surface area contributed by atoms with Crippen molar-refractivity contribution in [3.63, 3.8) is 0 Å². The number of carboxylic acid groups (broad SMARTS) is 1. The van der Waals surface area contributed by atoms with Gasteiger partial charge < -0.3 is 5.11 Å². The highest BCUT2D eigenvalue weighted by molar-refractivity contribution is 5.70. The highest BCUT2D eigenvalue weighted by Crippen LogP contribution is 2.26. The van der Waals surface area contributed by atoms with Gasteiger partial charge in [0.15, 0.2) is 0 Å². The number of hydrogen-bond acceptors (Lipinski definition) is 1. The molecule has 15 heavy (non-hydrogen) atoms. The molecule has 1 aliphatic carbocycles. The first-order valence-electron chi connectivity index (χ1n) is 5.60. The summed E-state index contributed by atoms with van der Waals surface area (Å²) in [6.45, 7) is 6.17. The zero-order valence-electron chi connectivity index (χ0n) is 9.73. The largest absolute Gasteiger partial charge is 0.481 e. The second-order valence-electron chi connectivity index (χ2n) is 4.76. The molecule has 2 heteroatoms. The first-order chi connectivity index (χ1) is 7.00. The molecule has 0 saturated carbocycles. The van der Waals surface area contributed by atoms with Crippen LogP contribution < -0.4 is 0 Å². The predicted octanol–water partition coefficient (Wildman–Crippen LogP) is 3.26. The van der Waals surface area contributed by atoms with Crippen LogP contribution in [0.3, 0.4) is 0 Å². The molecule has 1 N–H and O–H groups in total. The Labute approximate surface area is 91.7 Å². The lowest BCUT2D eigenvalue weighted by Crippen LogP contribution is -2.19. The van der Waals surface area contributed by atoms with Crippen molar-refractivity contribution in [3.05, 3.63) is 23.8 Å². The van der Waals surface area contributed by atoms with Gasteiger partial charge in [-0.2, -0.15) is 0 Å². The summed E-state index contributed by atoms with van der Waals surface area (Å²) in [5, 5.41) is 8.89. The molecule has 1 aliphatic rings. The number of hydrogen-bond donors (Lipinski definition) is 1. The summed E-state index contributed by atoms with van der Waals surface area (Å²) in [6, 6.07) is 0. The van der Waals surface area contributed by atoms with Gasteiger partial charge in [0.2, 0.25) is 0 Å². The molecule has 0 fully saturated rings. The molecule has 0 radical (unpaired) electrons. The van der Waals surface area contributed by atoms with Gasteiger partial charge in [0.25, 0.3) is 0 Å². The standard InChI is InChI=1S/C13H20O2/c1-9(2)8-11-4-6-12(7-5-11)10(3)13(14)15/h4-6,9-10,12H,7-8H2,1-3H3,(H,14,15). The molecule has 0 aromatic rings. The van der Waals surface area contributed by atoms with Gasteiger partial charge in [-0.15, -0.1) is 0 Å². The van der Waals surface area contributed by atoms with E-state index >= 15 is 0 Å². The van der Waals surface area contributed by atoms with Crippen LogP contribution in [-0.4, -0.2) is 11.1 Å². The number of allylic oxidation sites excluding steroid dienone is 4. The molecule has 84 valence electrons. The number of carbonyl (C=O) groups is 1. The lowest BCUT2D eigenvalue weighted by molar-refractivity contribution is -0.142. The van der Waals surface area contributed by atoms with Gasteiger partial charge in [0.1, 0.15) is 0 Å². The molecule has 0 heterocycles. The fraction of sp³-hybridized carbons (Fsp3) is 0.615. The summed E-state index contributed by atoms with van der Waals surface area (Å²) in [5.74, 6) is -0.156. The van der Waals surface area contributed by atoms with Gasteiger partial charge in [-0.25, -0.2) is 0 Å². The third kappa shape index (κ3) is 3.54. The van der Waals surface area contributed by atoms with E-state index < -0.39 is 5.97 Å². The van der Waals surface area contributed by atoms with Crippen LogP contribution in [0.5, 0.6) is 0 Å². The summed E-state index contributed by atoms with van der Waals surface area (Å²) in [6.07, 6.45) is 8.28. The van der Waals surface area contributed by atoms with E-state index in [1.807, 2.05) is 0 Å². The smallest absolute Gasteiger partial charge is 0.306 e. The maximum Gasteiger partial charge on any atom is 0.306 e. The van der Waals surface area contributed by atoms with Crippen molar-refractivity contribution in [2.24, 2.45) is 17.8 Å². The van der Waals surface area contributed by atoms with E-state index in [1.165, 1.54) is 5.57 Å². The molecule has 0 saturated heterocycles. The van der Waals surface area contributed by atoms with Gasteiger partial charge in [-0.1, -0.05) is 44.6 Å². The van der Waals surface area contributed by atoms with E-state index in [-0.39, 0.29) is 11.8 Å². The molecular weight excluding hydrogens is 188 g/mol. The minimum atomic E-state index is -0.703. The van der Waals surface area contributed by atoms with E-state index in [1.54, 1.807) is 6.92 Å². The third-order valence-electron chi connectivity index (χ3n) is 2.89. The normalized spacial score (nSPS) is 22.7. The van der Waals surface area contributed by atoms with Crippen LogP contribution in [0.25, 0.3) is 0 Å². The molecule has 0 aromatic heterocycles. The minimum Gasteiger partial charge on any atom is -0.481 e. The number of aliphatic carboxylic acids is 1. The fourth-order valence-corrected chi connectivity index (χ4v) is 1.86. The molecular formula is C13H20O2. The Morgan fingerprint density at radius 2 is 2.20 bits per heavy atom. The van der Waals surface area contributed by atoms with Crippen LogP contribution >= 0.6 is 0 Å². The zero-order valence-corrected chi connectivity index (χ0v) is 9.73. The van der Waals surface area contributed by atoms with Gasteiger partial charge in [-0.3, -0.25) is 4.79 Å². The van der Waals surface area contributed by atoms with Gasteiger partial charge in [0, 0.05) is 0 Å². The Balaban J connectivity index is 2.52. The average molecular weight is 208 g/mol. The van der Waals surface area contributed by atoms with Crippen molar-refractivity contribution in [2.45, 2.75) is 33.6 Å². The highest BCUT2D eigenvalue weighted by atomic mass is 16.4. The lowest BCUT2D eigenvalue weighted by atomic mass is 9.85. The topological polar surface area (TPSA) is 37.3 Å². The van der Waals surface area contributed by atoms with E-state index in [4.69, 9.17) is 5.11 Å². The molecule has 2 nitrogen and oxygen atoms in total. The second-order valence-corrected chi connectivity index (χ2v) is 4.76. The Bertz CT molecular complexity index is 287. The monoisotopic (exact) mass is 208 g/mol. The third-order valence-corrected chi connectivity index (χ3v) is 2.89. The average Bonchev–Trinajstić information content (AvgIpc) is 2.17. The first-order valence-corrected chi connectivity index (χ1v) is 5.60. The fourth-order valence-electron chi connectivity index (χ4n) is 1.86. The van der Waals surface area contributed by atoms with Crippen molar-refractivity contribution in [3.8, 4) is 0 Å². The van der Waals surface area contributed by atoms with Crippen LogP contribution in [0, 0.1) is 17.8 Å². The van der Waals surface area contributed by atoms with Crippen LogP contribution in [0.1, 0.15) is 33.6 Å². The van der Waals surface area contributed by atoms with E-state index in [9.17, 15) is 4.79 Å². The van der Waals surface area contributed by atoms with Gasteiger partial charge in [0.05, 0.1) is 5.92 Å². The summed E-state index contributed by atoms with van der Waals surface area (Å²) in [5.41, 5.74) is 1.35. The van der Waals surface area contributed by atoms with E-state index in [0.29, 0.717) is 5.92 Å². The highest BCUT2D eigenvalue weighted by Gasteiger charge is 2.22. The van der Waals surface area contributed by atoms with Crippen molar-refractivity contribution >= 4 is 5.97 Å². The summed E-state index contributed by atoms with van der Waals surface area (Å²) < 4.78 is 0. The lowest BCUT2D eigenvalue weighted by Gasteiger charge is -2.20. The van der Waals surface area contributed by atoms with Crippen molar-refractivity contribution in [1.82, 2.24) is 0 Å². The Morgan fingerprint density at radius 3 is 2.60 bits per heavy atom. The van der Waals surface area contributed by atoms with Crippen molar-refractivity contribution in [1.29, 1.82) is 0 Å². The minimum absolute atomic E-state index is 0.165. The maximum absolute atomic E-state index is 10.8. The summed E-state index contributed by atoms with van der Waals surface area (Å²) >= 11 is 0. The van der Waals surface area contributed by atoms with Crippen LogP contribution in [0.15, 0.2) is 23.8 Å². The second kappa shape index (κ2) is 5.15. The number of carboxylic acids is 1. The molecule has 0 spiro atoms. The maximum atomic E-state index is 10.8. The van der Waals surface area contributed by atoms with Gasteiger partial charge in [-0.05, 0) is 24.7 Å². The summed E-state index contributed by atoms with van der Waals surface area (Å²) in [4.78, 5) is 10.8. The molecule has 2 atom stereocenters. The van der Waals surface area contributed by atoms with Crippen molar-refractivity contribution in [2.75, 3.05) is 0 Å². The molecule has 0 amide bonds. The zero-order chi connectivity index (χ0) is 11.4. The molecule has 2 unspecified atom stereocenters. The predicted molar refractivity (Wildman–Crippen MR) is 61.6 cm³/mol. The number of rotatable bonds is 4. The molecule has 1 rings (SSSR count). The van der Waals surface area contributed by atoms with Crippen LogP contribution in [0.2, 0.25) is 0 Å². The van der Waals surface area contributed by atoms with Crippen molar-refractivity contribution < 1.29 is 9.90 Å². The molecule has 0 aliphatic heterocycles. The molecule has 0 bridgehead atoms. The first kappa shape index (κ1) is 12.0. The Morgan fingerprint density at radius 1 is 1.53 bits per heavy atom. The van der Waals surface area contributed by atoms with Crippen LogP contribution in [0.4, 0.5) is 0 Å².